The maximum atomic E-state index is 11.3. The first-order valence-corrected chi connectivity index (χ1v) is 6.52. The number of phenolic OH excluding ortho intramolecular Hbond substituents is 1. The summed E-state index contributed by atoms with van der Waals surface area (Å²) in [6.07, 6.45) is 0. The van der Waals surface area contributed by atoms with Crippen molar-refractivity contribution in [2.75, 3.05) is 10.5 Å². The van der Waals surface area contributed by atoms with Crippen LogP contribution in [0.15, 0.2) is 12.1 Å². The number of nitrogens with one attached hydrogen (secondary N) is 1. The van der Waals surface area contributed by atoms with Crippen LogP contribution >= 0.6 is 23.2 Å². The zero-order valence-corrected chi connectivity index (χ0v) is 10.5. The Hall–Kier alpha value is -1.18. The Balaban J connectivity index is 3.01. The summed E-state index contributed by atoms with van der Waals surface area (Å²) in [6.45, 7) is 0. The number of anilines is 1. The lowest BCUT2D eigenvalue weighted by atomic mass is 10.3. The number of aliphatic carboxylic acids is 1. The summed E-state index contributed by atoms with van der Waals surface area (Å²) in [7, 11) is -4.03. The number of hydrogen-bond donors (Lipinski definition) is 3. The summed E-state index contributed by atoms with van der Waals surface area (Å²) >= 11 is 11.1. The van der Waals surface area contributed by atoms with Gasteiger partial charge in [0.1, 0.15) is 0 Å². The van der Waals surface area contributed by atoms with Gasteiger partial charge in [-0.05, 0) is 12.1 Å². The van der Waals surface area contributed by atoms with E-state index in [-0.39, 0.29) is 21.5 Å². The van der Waals surface area contributed by atoms with Gasteiger partial charge in [0, 0.05) is 0 Å². The van der Waals surface area contributed by atoms with E-state index in [0.29, 0.717) is 0 Å². The third-order valence-electron chi connectivity index (χ3n) is 1.60. The van der Waals surface area contributed by atoms with Crippen molar-refractivity contribution < 1.29 is 23.4 Å². The molecule has 0 aromatic heterocycles. The Morgan fingerprint density at radius 2 is 1.76 bits per heavy atom. The van der Waals surface area contributed by atoms with Gasteiger partial charge in [-0.3, -0.25) is 9.52 Å². The highest BCUT2D eigenvalue weighted by atomic mass is 35.5. The standard InChI is InChI=1S/C8H7Cl2NO5S/c9-5-1-4(2-6(10)8(5)14)11-17(15,16)3-7(12)13/h1-2,11,14H,3H2,(H,12,13). The minimum absolute atomic E-state index is 0.0287. The number of benzene rings is 1. The Morgan fingerprint density at radius 1 is 1.29 bits per heavy atom. The summed E-state index contributed by atoms with van der Waals surface area (Å²) in [5.41, 5.74) is -0.0287. The average Bonchev–Trinajstić information content (AvgIpc) is 2.10. The van der Waals surface area contributed by atoms with E-state index in [1.54, 1.807) is 0 Å². The van der Waals surface area contributed by atoms with Crippen LogP contribution in [-0.2, 0) is 14.8 Å². The van der Waals surface area contributed by atoms with E-state index < -0.39 is 21.7 Å². The van der Waals surface area contributed by atoms with Crippen LogP contribution in [0.1, 0.15) is 0 Å². The number of aromatic hydroxyl groups is 1. The van der Waals surface area contributed by atoms with Gasteiger partial charge in [-0.2, -0.15) is 0 Å². The minimum atomic E-state index is -4.03. The largest absolute Gasteiger partial charge is 0.505 e. The Kier molecular flexibility index (Phi) is 4.07. The van der Waals surface area contributed by atoms with E-state index >= 15 is 0 Å². The van der Waals surface area contributed by atoms with Gasteiger partial charge in [0.2, 0.25) is 10.0 Å². The lowest BCUT2D eigenvalue weighted by molar-refractivity contribution is -0.134. The zero-order chi connectivity index (χ0) is 13.2. The molecule has 94 valence electrons. The van der Waals surface area contributed by atoms with Crippen molar-refractivity contribution in [3.63, 3.8) is 0 Å². The number of hydrogen-bond acceptors (Lipinski definition) is 4. The summed E-state index contributed by atoms with van der Waals surface area (Å²) in [6, 6.07) is 2.23. The second kappa shape index (κ2) is 4.99. The van der Waals surface area contributed by atoms with Crippen LogP contribution < -0.4 is 4.72 Å². The third-order valence-corrected chi connectivity index (χ3v) is 3.35. The van der Waals surface area contributed by atoms with Crippen molar-refractivity contribution in [2.45, 2.75) is 0 Å². The molecule has 17 heavy (non-hydrogen) atoms. The molecule has 6 nitrogen and oxygen atoms in total. The molecule has 0 aliphatic heterocycles. The lowest BCUT2D eigenvalue weighted by Gasteiger charge is -2.08. The zero-order valence-electron chi connectivity index (χ0n) is 8.15. The molecule has 0 bridgehead atoms. The van der Waals surface area contributed by atoms with Crippen LogP contribution in [0.4, 0.5) is 5.69 Å². The van der Waals surface area contributed by atoms with Crippen LogP contribution in [0.25, 0.3) is 0 Å². The Bertz CT molecular complexity index is 534. The number of rotatable bonds is 4. The first kappa shape index (κ1) is 13.9. The van der Waals surface area contributed by atoms with Gasteiger partial charge in [0.25, 0.3) is 0 Å². The fourth-order valence-corrected chi connectivity index (χ4v) is 2.36. The highest BCUT2D eigenvalue weighted by Gasteiger charge is 2.17. The molecule has 0 radical (unpaired) electrons. The molecule has 0 atom stereocenters. The normalized spacial score (nSPS) is 11.2. The molecule has 3 N–H and O–H groups in total. The Morgan fingerprint density at radius 3 is 2.18 bits per heavy atom. The highest BCUT2D eigenvalue weighted by molar-refractivity contribution is 7.93. The SMILES string of the molecule is O=C(O)CS(=O)(=O)Nc1cc(Cl)c(O)c(Cl)c1. The van der Waals surface area contributed by atoms with Crippen LogP contribution in [0.2, 0.25) is 10.0 Å². The topological polar surface area (TPSA) is 104 Å². The van der Waals surface area contributed by atoms with E-state index in [4.69, 9.17) is 28.3 Å². The molecular formula is C8H7Cl2NO5S. The molecule has 1 aromatic carbocycles. The van der Waals surface area contributed by atoms with E-state index in [1.165, 1.54) is 0 Å². The molecule has 9 heteroatoms. The highest BCUT2D eigenvalue weighted by Crippen LogP contribution is 2.34. The molecule has 0 heterocycles. The van der Waals surface area contributed by atoms with Crippen LogP contribution in [0.5, 0.6) is 5.75 Å². The molecule has 0 amide bonds. The maximum Gasteiger partial charge on any atom is 0.320 e. The molecule has 0 aliphatic rings. The van der Waals surface area contributed by atoms with Gasteiger partial charge < -0.3 is 10.2 Å². The number of halogens is 2. The lowest BCUT2D eigenvalue weighted by Crippen LogP contribution is -2.22. The molecule has 1 aromatic rings. The second-order valence-electron chi connectivity index (χ2n) is 3.04. The van der Waals surface area contributed by atoms with Gasteiger partial charge in [-0.15, -0.1) is 0 Å². The summed E-state index contributed by atoms with van der Waals surface area (Å²) in [5.74, 6) is -2.95. The fourth-order valence-electron chi connectivity index (χ4n) is 1.00. The number of carboxylic acid groups (broad SMARTS) is 1. The average molecular weight is 300 g/mol. The van der Waals surface area contributed by atoms with Gasteiger partial charge in [0.05, 0.1) is 15.7 Å². The first-order valence-electron chi connectivity index (χ1n) is 4.11. The monoisotopic (exact) mass is 299 g/mol. The van der Waals surface area contributed by atoms with E-state index in [9.17, 15) is 18.3 Å². The first-order chi connectivity index (χ1) is 7.71. The second-order valence-corrected chi connectivity index (χ2v) is 5.58. The molecule has 1 rings (SSSR count). The predicted octanol–water partition coefficient (Wildman–Crippen LogP) is 1.53. The molecule has 0 unspecified atom stereocenters. The van der Waals surface area contributed by atoms with Crippen LogP contribution in [0, 0.1) is 0 Å². The van der Waals surface area contributed by atoms with E-state index in [0.717, 1.165) is 12.1 Å². The van der Waals surface area contributed by atoms with Crippen LogP contribution in [0.3, 0.4) is 0 Å². The fraction of sp³-hybridized carbons (Fsp3) is 0.125. The van der Waals surface area contributed by atoms with Crippen molar-refractivity contribution >= 4 is 44.9 Å². The molecule has 0 fully saturated rings. The van der Waals surface area contributed by atoms with Gasteiger partial charge >= 0.3 is 5.97 Å². The molecule has 0 saturated carbocycles. The van der Waals surface area contributed by atoms with E-state index in [1.807, 2.05) is 4.72 Å². The van der Waals surface area contributed by atoms with E-state index in [2.05, 4.69) is 0 Å². The van der Waals surface area contributed by atoms with Crippen molar-refractivity contribution in [3.05, 3.63) is 22.2 Å². The predicted molar refractivity (Wildman–Crippen MR) is 63.2 cm³/mol. The summed E-state index contributed by atoms with van der Waals surface area (Å²) in [5, 5.41) is 17.3. The summed E-state index contributed by atoms with van der Waals surface area (Å²) in [4.78, 5) is 10.3. The summed E-state index contributed by atoms with van der Waals surface area (Å²) < 4.78 is 24.5. The smallest absolute Gasteiger partial charge is 0.320 e. The van der Waals surface area contributed by atoms with Gasteiger partial charge in [-0.1, -0.05) is 23.2 Å². The van der Waals surface area contributed by atoms with Gasteiger partial charge in [-0.25, -0.2) is 8.42 Å². The van der Waals surface area contributed by atoms with Crippen LogP contribution in [-0.4, -0.2) is 30.4 Å². The van der Waals surface area contributed by atoms with Crippen molar-refractivity contribution in [3.8, 4) is 5.75 Å². The van der Waals surface area contributed by atoms with Crippen molar-refractivity contribution in [2.24, 2.45) is 0 Å². The number of carbonyl (C=O) groups is 1. The quantitative estimate of drug-likeness (QED) is 0.731. The number of carboxylic acids is 1. The van der Waals surface area contributed by atoms with Crippen molar-refractivity contribution in [1.29, 1.82) is 0 Å². The molecule has 0 aliphatic carbocycles. The maximum absolute atomic E-state index is 11.3. The molecule has 0 saturated heterocycles. The number of sulfonamides is 1. The third kappa shape index (κ3) is 3.95. The number of phenols is 1. The minimum Gasteiger partial charge on any atom is -0.505 e. The Labute approximate surface area is 107 Å². The van der Waals surface area contributed by atoms with Crippen molar-refractivity contribution in [1.82, 2.24) is 0 Å². The van der Waals surface area contributed by atoms with Gasteiger partial charge in [0.15, 0.2) is 11.5 Å². The molecular weight excluding hydrogens is 293 g/mol. The molecule has 0 spiro atoms.